The zero-order chi connectivity index (χ0) is 18.0. The van der Waals surface area contributed by atoms with Crippen LogP contribution in [0.2, 0.25) is 0 Å². The normalized spacial score (nSPS) is 27.2. The van der Waals surface area contributed by atoms with Gasteiger partial charge in [0.25, 0.3) is 0 Å². The van der Waals surface area contributed by atoms with Crippen LogP contribution in [0.5, 0.6) is 0 Å². The summed E-state index contributed by atoms with van der Waals surface area (Å²) in [7, 11) is 0. The minimum atomic E-state index is -0.179. The molecule has 138 valence electrons. The Morgan fingerprint density at radius 1 is 1.23 bits per heavy atom. The molecular weight excluding hydrogens is 326 g/mol. The Morgan fingerprint density at radius 3 is 2.81 bits per heavy atom. The average Bonchev–Trinajstić information content (AvgIpc) is 3.38. The van der Waals surface area contributed by atoms with E-state index < -0.39 is 0 Å². The van der Waals surface area contributed by atoms with E-state index in [1.165, 1.54) is 5.56 Å². The van der Waals surface area contributed by atoms with Crippen LogP contribution in [0, 0.1) is 5.41 Å². The molecule has 1 aromatic carbocycles. The van der Waals surface area contributed by atoms with Gasteiger partial charge < -0.3 is 10.0 Å². The molecule has 3 heterocycles. The number of rotatable bonds is 7. The van der Waals surface area contributed by atoms with Crippen LogP contribution in [0.4, 0.5) is 0 Å². The van der Waals surface area contributed by atoms with Crippen LogP contribution in [0.15, 0.2) is 48.8 Å². The highest BCUT2D eigenvalue weighted by atomic mass is 16.3. The largest absolute Gasteiger partial charge is 0.396 e. The quantitative estimate of drug-likeness (QED) is 0.832. The van der Waals surface area contributed by atoms with E-state index in [0.29, 0.717) is 12.5 Å². The summed E-state index contributed by atoms with van der Waals surface area (Å²) in [5, 5.41) is 14.4. The van der Waals surface area contributed by atoms with Crippen LogP contribution in [-0.2, 0) is 17.8 Å². The molecule has 1 amide bonds. The average molecular weight is 353 g/mol. The Kier molecular flexibility index (Phi) is 4.81. The molecule has 5 nitrogen and oxygen atoms in total. The van der Waals surface area contributed by atoms with Crippen molar-refractivity contribution >= 4 is 5.91 Å². The molecule has 2 aliphatic rings. The van der Waals surface area contributed by atoms with Crippen molar-refractivity contribution in [2.45, 2.75) is 57.2 Å². The van der Waals surface area contributed by atoms with Crippen LogP contribution in [-0.4, -0.2) is 44.4 Å². The summed E-state index contributed by atoms with van der Waals surface area (Å²) in [6, 6.07) is 12.7. The summed E-state index contributed by atoms with van der Waals surface area (Å²) in [5.74, 6) is 0.244. The number of aliphatic hydroxyl groups is 1. The van der Waals surface area contributed by atoms with Crippen molar-refractivity contribution in [3.05, 3.63) is 54.4 Å². The summed E-state index contributed by atoms with van der Waals surface area (Å²) in [6.45, 7) is 0.928. The molecule has 1 N–H and O–H groups in total. The number of fused-ring (bicyclic) bond motifs is 2. The van der Waals surface area contributed by atoms with Crippen LogP contribution < -0.4 is 0 Å². The lowest BCUT2D eigenvalue weighted by atomic mass is 9.70. The molecule has 2 aliphatic heterocycles. The molecule has 2 fully saturated rings. The van der Waals surface area contributed by atoms with Gasteiger partial charge in [-0.15, -0.1) is 0 Å². The highest BCUT2D eigenvalue weighted by Crippen LogP contribution is 2.51. The molecule has 0 radical (unpaired) electrons. The van der Waals surface area contributed by atoms with Crippen molar-refractivity contribution in [2.24, 2.45) is 5.41 Å². The van der Waals surface area contributed by atoms with Crippen molar-refractivity contribution in [1.29, 1.82) is 0 Å². The first kappa shape index (κ1) is 17.3. The fourth-order valence-corrected chi connectivity index (χ4v) is 5.04. The number of aliphatic hydroxyl groups excluding tert-OH is 1. The first-order valence-electron chi connectivity index (χ1n) is 9.65. The smallest absolute Gasteiger partial charge is 0.223 e. The standard InChI is InChI=1S/C21H27N3O2/c25-16-21(14-17-6-2-1-3-7-17)15-18-9-10-19(21)24(18)20(26)8-4-12-23-13-5-11-22-23/h1-3,5-7,11,13,18-19,25H,4,8-10,12,14-16H2/t18-,19+,21-/m0/s1. The van der Waals surface area contributed by atoms with E-state index in [9.17, 15) is 9.90 Å². The van der Waals surface area contributed by atoms with Gasteiger partial charge >= 0.3 is 0 Å². The lowest BCUT2D eigenvalue weighted by Gasteiger charge is -2.36. The molecule has 0 saturated carbocycles. The Labute approximate surface area is 154 Å². The van der Waals surface area contributed by atoms with Crippen LogP contribution in [0.1, 0.15) is 37.7 Å². The molecule has 5 heteroatoms. The van der Waals surface area contributed by atoms with Gasteiger partial charge in [0.15, 0.2) is 0 Å². The minimum absolute atomic E-state index is 0.153. The van der Waals surface area contributed by atoms with Crippen LogP contribution in [0.3, 0.4) is 0 Å². The molecular formula is C21H27N3O2. The molecule has 0 spiro atoms. The molecule has 0 aliphatic carbocycles. The van der Waals surface area contributed by atoms with Gasteiger partial charge in [-0.1, -0.05) is 30.3 Å². The van der Waals surface area contributed by atoms with Crippen molar-refractivity contribution in [3.63, 3.8) is 0 Å². The second-order valence-electron chi connectivity index (χ2n) is 7.81. The minimum Gasteiger partial charge on any atom is -0.396 e. The van der Waals surface area contributed by atoms with Crippen LogP contribution >= 0.6 is 0 Å². The van der Waals surface area contributed by atoms with E-state index in [2.05, 4.69) is 22.1 Å². The van der Waals surface area contributed by atoms with E-state index in [-0.39, 0.29) is 24.0 Å². The summed E-state index contributed by atoms with van der Waals surface area (Å²) in [5.41, 5.74) is 1.07. The highest BCUT2D eigenvalue weighted by molar-refractivity contribution is 5.78. The molecule has 2 aromatic rings. The van der Waals surface area contributed by atoms with Gasteiger partial charge in [0.1, 0.15) is 0 Å². The lowest BCUT2D eigenvalue weighted by molar-refractivity contribution is -0.133. The number of carbonyl (C=O) groups excluding carboxylic acids is 1. The fraction of sp³-hybridized carbons (Fsp3) is 0.524. The summed E-state index contributed by atoms with van der Waals surface area (Å²) < 4.78 is 1.87. The highest BCUT2D eigenvalue weighted by Gasteiger charge is 2.56. The van der Waals surface area contributed by atoms with E-state index >= 15 is 0 Å². The Balaban J connectivity index is 1.42. The summed E-state index contributed by atoms with van der Waals surface area (Å²) >= 11 is 0. The molecule has 1 aromatic heterocycles. The second kappa shape index (κ2) is 7.23. The van der Waals surface area contributed by atoms with E-state index in [1.807, 2.05) is 35.1 Å². The number of hydrogen-bond donors (Lipinski definition) is 1. The molecule has 0 unspecified atom stereocenters. The van der Waals surface area contributed by atoms with Gasteiger partial charge in [-0.25, -0.2) is 0 Å². The monoisotopic (exact) mass is 353 g/mol. The summed E-state index contributed by atoms with van der Waals surface area (Å²) in [4.78, 5) is 15.0. The third kappa shape index (κ3) is 3.16. The third-order valence-corrected chi connectivity index (χ3v) is 6.19. The Morgan fingerprint density at radius 2 is 2.08 bits per heavy atom. The fourth-order valence-electron chi connectivity index (χ4n) is 5.04. The van der Waals surface area contributed by atoms with Crippen molar-refractivity contribution in [2.75, 3.05) is 6.61 Å². The molecule has 3 atom stereocenters. The number of benzene rings is 1. The second-order valence-corrected chi connectivity index (χ2v) is 7.81. The van der Waals surface area contributed by atoms with Crippen molar-refractivity contribution < 1.29 is 9.90 Å². The van der Waals surface area contributed by atoms with Crippen molar-refractivity contribution in [3.8, 4) is 0 Å². The van der Waals surface area contributed by atoms with E-state index in [0.717, 1.165) is 38.6 Å². The van der Waals surface area contributed by atoms with Gasteiger partial charge in [0.05, 0.1) is 6.61 Å². The van der Waals surface area contributed by atoms with Gasteiger partial charge in [-0.05, 0) is 43.7 Å². The number of amides is 1. The van der Waals surface area contributed by atoms with Gasteiger partial charge in [0.2, 0.25) is 5.91 Å². The predicted octanol–water partition coefficient (Wildman–Crippen LogP) is 2.65. The topological polar surface area (TPSA) is 58.4 Å². The number of hydrogen-bond acceptors (Lipinski definition) is 3. The third-order valence-electron chi connectivity index (χ3n) is 6.19. The predicted molar refractivity (Wildman–Crippen MR) is 99.4 cm³/mol. The first-order valence-corrected chi connectivity index (χ1v) is 9.65. The van der Waals surface area contributed by atoms with Gasteiger partial charge in [-0.3, -0.25) is 9.48 Å². The lowest BCUT2D eigenvalue weighted by Crippen LogP contribution is -2.43. The van der Waals surface area contributed by atoms with Crippen LogP contribution in [0.25, 0.3) is 0 Å². The molecule has 2 saturated heterocycles. The molecule has 2 bridgehead atoms. The SMILES string of the molecule is O=C(CCCn1cccn1)N1[C@H]2CC[C@@H]1[C@@](CO)(Cc1ccccc1)C2. The van der Waals surface area contributed by atoms with E-state index in [1.54, 1.807) is 6.20 Å². The summed E-state index contributed by atoms with van der Waals surface area (Å²) in [6.07, 6.45) is 8.93. The molecule has 4 rings (SSSR count). The Hall–Kier alpha value is -2.14. The number of nitrogens with zero attached hydrogens (tertiary/aromatic N) is 3. The van der Waals surface area contributed by atoms with Crippen molar-refractivity contribution in [1.82, 2.24) is 14.7 Å². The van der Waals surface area contributed by atoms with Gasteiger partial charge in [0, 0.05) is 42.9 Å². The zero-order valence-electron chi connectivity index (χ0n) is 15.1. The maximum atomic E-state index is 12.9. The maximum absolute atomic E-state index is 12.9. The maximum Gasteiger partial charge on any atom is 0.223 e. The number of aromatic nitrogens is 2. The molecule has 26 heavy (non-hydrogen) atoms. The van der Waals surface area contributed by atoms with Gasteiger partial charge in [-0.2, -0.15) is 5.10 Å². The number of aryl methyl sites for hydroxylation is 1. The number of carbonyl (C=O) groups is 1. The zero-order valence-corrected chi connectivity index (χ0v) is 15.1. The Bertz CT molecular complexity index is 731. The van der Waals surface area contributed by atoms with E-state index in [4.69, 9.17) is 0 Å². The first-order chi connectivity index (χ1) is 12.7.